The maximum absolute atomic E-state index is 11.9. The number of rotatable bonds is 5. The van der Waals surface area contributed by atoms with Crippen molar-refractivity contribution in [3.8, 4) is 0 Å². The van der Waals surface area contributed by atoms with E-state index in [1.165, 1.54) is 0 Å². The molecule has 96 valence electrons. The van der Waals surface area contributed by atoms with Gasteiger partial charge < -0.3 is 20.4 Å². The number of carbonyl (C=O) groups is 3. The van der Waals surface area contributed by atoms with E-state index in [1.807, 2.05) is 0 Å². The molecule has 0 aromatic carbocycles. The van der Waals surface area contributed by atoms with Gasteiger partial charge in [-0.3, -0.25) is 14.4 Å². The molecule has 1 rings (SSSR count). The summed E-state index contributed by atoms with van der Waals surface area (Å²) in [5.41, 5.74) is 0. The van der Waals surface area contributed by atoms with Crippen molar-refractivity contribution in [1.29, 1.82) is 0 Å². The zero-order valence-electron chi connectivity index (χ0n) is 9.39. The summed E-state index contributed by atoms with van der Waals surface area (Å²) < 4.78 is 0. The lowest BCUT2D eigenvalue weighted by atomic mass is 10.0. The van der Waals surface area contributed by atoms with Crippen molar-refractivity contribution < 1.29 is 24.6 Å². The van der Waals surface area contributed by atoms with E-state index < -0.39 is 37.0 Å². The highest BCUT2D eigenvalue weighted by molar-refractivity contribution is 5.88. The number of nitrogens with one attached hydrogen (secondary N) is 1. The molecule has 0 aliphatic carbocycles. The molecule has 0 aromatic heterocycles. The van der Waals surface area contributed by atoms with Gasteiger partial charge in [-0.05, 0) is 19.4 Å². The van der Waals surface area contributed by atoms with Gasteiger partial charge in [0.15, 0.2) is 0 Å². The van der Waals surface area contributed by atoms with Gasteiger partial charge in [0.2, 0.25) is 5.91 Å². The molecule has 3 N–H and O–H groups in total. The normalized spacial score (nSPS) is 19.6. The van der Waals surface area contributed by atoms with Crippen molar-refractivity contribution in [3.63, 3.8) is 0 Å². The van der Waals surface area contributed by atoms with Crippen molar-refractivity contribution in [3.05, 3.63) is 0 Å². The van der Waals surface area contributed by atoms with Crippen LogP contribution in [0.3, 0.4) is 0 Å². The Hall–Kier alpha value is -1.63. The van der Waals surface area contributed by atoms with Crippen LogP contribution in [0.4, 0.5) is 0 Å². The molecular formula is C10H16N2O5. The molecule has 1 aliphatic heterocycles. The van der Waals surface area contributed by atoms with Crippen LogP contribution >= 0.6 is 0 Å². The fourth-order valence-corrected chi connectivity index (χ4v) is 1.82. The summed E-state index contributed by atoms with van der Waals surface area (Å²) in [5.74, 6) is -2.87. The number of carboxylic acid groups (broad SMARTS) is 2. The van der Waals surface area contributed by atoms with Gasteiger partial charge in [-0.1, -0.05) is 6.42 Å². The number of amides is 1. The Balaban J connectivity index is 2.63. The summed E-state index contributed by atoms with van der Waals surface area (Å²) in [7, 11) is 0. The van der Waals surface area contributed by atoms with Crippen LogP contribution in [0.1, 0.15) is 19.3 Å². The lowest BCUT2D eigenvalue weighted by molar-refractivity contribution is -0.150. The van der Waals surface area contributed by atoms with Crippen LogP contribution in [0.25, 0.3) is 0 Å². The Morgan fingerprint density at radius 3 is 2.12 bits per heavy atom. The Kier molecular flexibility index (Phi) is 4.89. The van der Waals surface area contributed by atoms with E-state index in [9.17, 15) is 14.4 Å². The minimum absolute atomic E-state index is 0.450. The van der Waals surface area contributed by atoms with E-state index in [-0.39, 0.29) is 0 Å². The minimum Gasteiger partial charge on any atom is -0.480 e. The third-order valence-electron chi connectivity index (χ3n) is 2.57. The van der Waals surface area contributed by atoms with Crippen LogP contribution < -0.4 is 5.32 Å². The molecule has 0 spiro atoms. The van der Waals surface area contributed by atoms with Gasteiger partial charge in [-0.2, -0.15) is 0 Å². The molecule has 1 aliphatic rings. The first-order valence-electron chi connectivity index (χ1n) is 5.46. The number of aliphatic carboxylic acids is 2. The summed E-state index contributed by atoms with van der Waals surface area (Å²) in [6, 6.07) is -0.456. The second-order valence-electron chi connectivity index (χ2n) is 3.98. The van der Waals surface area contributed by atoms with E-state index in [2.05, 4.69) is 5.32 Å². The van der Waals surface area contributed by atoms with E-state index in [1.54, 1.807) is 0 Å². The smallest absolute Gasteiger partial charge is 0.323 e. The zero-order chi connectivity index (χ0) is 12.8. The number of hydrogen-bond donors (Lipinski definition) is 3. The molecule has 0 bridgehead atoms. The molecule has 0 saturated carbocycles. The quantitative estimate of drug-likeness (QED) is 0.580. The average molecular weight is 244 g/mol. The van der Waals surface area contributed by atoms with Crippen LogP contribution in [-0.4, -0.2) is 58.6 Å². The van der Waals surface area contributed by atoms with Crippen molar-refractivity contribution >= 4 is 17.8 Å². The van der Waals surface area contributed by atoms with Crippen LogP contribution in [0.5, 0.6) is 0 Å². The van der Waals surface area contributed by atoms with Gasteiger partial charge in [0.1, 0.15) is 13.1 Å². The van der Waals surface area contributed by atoms with Crippen LogP contribution in [-0.2, 0) is 14.4 Å². The van der Waals surface area contributed by atoms with Gasteiger partial charge in [0, 0.05) is 0 Å². The summed E-state index contributed by atoms with van der Waals surface area (Å²) in [4.78, 5) is 33.9. The highest BCUT2D eigenvalue weighted by atomic mass is 16.4. The maximum atomic E-state index is 11.9. The maximum Gasteiger partial charge on any atom is 0.323 e. The van der Waals surface area contributed by atoms with Crippen LogP contribution in [0, 0.1) is 0 Å². The third kappa shape index (κ3) is 4.39. The van der Waals surface area contributed by atoms with Gasteiger partial charge >= 0.3 is 11.9 Å². The number of carbonyl (C=O) groups excluding carboxylic acids is 1. The summed E-state index contributed by atoms with van der Waals surface area (Å²) in [6.07, 6.45) is 2.48. The minimum atomic E-state index is -1.21. The van der Waals surface area contributed by atoms with Crippen molar-refractivity contribution in [2.24, 2.45) is 0 Å². The molecule has 1 heterocycles. The summed E-state index contributed by atoms with van der Waals surface area (Å²) in [5, 5.41) is 20.2. The molecule has 0 aromatic rings. The second kappa shape index (κ2) is 6.19. The van der Waals surface area contributed by atoms with Crippen molar-refractivity contribution in [2.75, 3.05) is 19.6 Å². The lowest BCUT2D eigenvalue weighted by Crippen LogP contribution is -2.51. The molecule has 1 saturated heterocycles. The standard InChI is InChI=1S/C10H16N2O5/c13-8(14)5-12(6-9(15)16)10(17)7-3-1-2-4-11-7/h7,11H,1-6H2,(H,13,14)(H,15,16)/t7-/m0/s1. The summed E-state index contributed by atoms with van der Waals surface area (Å²) >= 11 is 0. The predicted octanol–water partition coefficient (Wildman–Crippen LogP) is -0.874. The molecule has 1 atom stereocenters. The van der Waals surface area contributed by atoms with E-state index in [4.69, 9.17) is 10.2 Å². The number of hydrogen-bond acceptors (Lipinski definition) is 4. The molecule has 7 nitrogen and oxygen atoms in total. The first kappa shape index (κ1) is 13.4. The molecule has 0 radical (unpaired) electrons. The fourth-order valence-electron chi connectivity index (χ4n) is 1.82. The molecule has 17 heavy (non-hydrogen) atoms. The van der Waals surface area contributed by atoms with Gasteiger partial charge in [-0.15, -0.1) is 0 Å². The third-order valence-corrected chi connectivity index (χ3v) is 2.57. The summed E-state index contributed by atoms with van der Waals surface area (Å²) in [6.45, 7) is -0.461. The van der Waals surface area contributed by atoms with Crippen LogP contribution in [0.2, 0.25) is 0 Å². The van der Waals surface area contributed by atoms with Crippen LogP contribution in [0.15, 0.2) is 0 Å². The second-order valence-corrected chi connectivity index (χ2v) is 3.98. The first-order chi connectivity index (χ1) is 8.00. The topological polar surface area (TPSA) is 107 Å². The van der Waals surface area contributed by atoms with Gasteiger partial charge in [-0.25, -0.2) is 0 Å². The molecule has 7 heteroatoms. The largest absolute Gasteiger partial charge is 0.480 e. The molecular weight excluding hydrogens is 228 g/mol. The number of nitrogens with zero attached hydrogens (tertiary/aromatic N) is 1. The predicted molar refractivity (Wildman–Crippen MR) is 57.5 cm³/mol. The van der Waals surface area contributed by atoms with Gasteiger partial charge in [0.05, 0.1) is 6.04 Å². The highest BCUT2D eigenvalue weighted by Gasteiger charge is 2.28. The fraction of sp³-hybridized carbons (Fsp3) is 0.700. The Labute approximate surface area is 98.4 Å². The highest BCUT2D eigenvalue weighted by Crippen LogP contribution is 2.09. The van der Waals surface area contributed by atoms with Crippen molar-refractivity contribution in [1.82, 2.24) is 10.2 Å². The Bertz CT molecular complexity index is 296. The van der Waals surface area contributed by atoms with Crippen molar-refractivity contribution in [2.45, 2.75) is 25.3 Å². The molecule has 1 fully saturated rings. The SMILES string of the molecule is O=C(O)CN(CC(=O)O)C(=O)[C@@H]1CCCCN1. The number of carboxylic acids is 2. The number of piperidine rings is 1. The first-order valence-corrected chi connectivity index (χ1v) is 5.46. The Morgan fingerprint density at radius 1 is 1.12 bits per heavy atom. The van der Waals surface area contributed by atoms with E-state index in [0.717, 1.165) is 17.7 Å². The Morgan fingerprint density at radius 2 is 1.71 bits per heavy atom. The average Bonchev–Trinajstić information content (AvgIpc) is 2.27. The van der Waals surface area contributed by atoms with Gasteiger partial charge in [0.25, 0.3) is 0 Å². The molecule has 1 amide bonds. The zero-order valence-corrected chi connectivity index (χ0v) is 9.39. The van der Waals surface area contributed by atoms with E-state index >= 15 is 0 Å². The molecule has 0 unspecified atom stereocenters. The van der Waals surface area contributed by atoms with E-state index in [0.29, 0.717) is 13.0 Å². The lowest BCUT2D eigenvalue weighted by Gasteiger charge is -2.28. The monoisotopic (exact) mass is 244 g/mol.